The number of nitrogens with two attached hydrogens (primary N) is 1. The lowest BCUT2D eigenvalue weighted by Gasteiger charge is -2.27. The highest BCUT2D eigenvalue weighted by Gasteiger charge is 2.32. The molecule has 0 amide bonds. The molecule has 0 spiro atoms. The molecule has 1 aromatic rings. The molecule has 88 valence electrons. The third kappa shape index (κ3) is 1.88. The molecular formula is C11H18N4O. The van der Waals surface area contributed by atoms with Gasteiger partial charge in [0.15, 0.2) is 5.82 Å². The molecule has 0 aromatic carbocycles. The predicted octanol–water partition coefficient (Wildman–Crippen LogP) is 0.142. The Balaban J connectivity index is 2.29. The number of aliphatic hydroxyl groups is 1. The Kier molecular flexibility index (Phi) is 3.36. The Labute approximate surface area is 95.3 Å². The summed E-state index contributed by atoms with van der Waals surface area (Å²) in [4.78, 5) is 10.7. The maximum Gasteiger partial charge on any atom is 0.151 e. The van der Waals surface area contributed by atoms with Crippen molar-refractivity contribution in [2.75, 3.05) is 18.1 Å². The van der Waals surface area contributed by atoms with Crippen molar-refractivity contribution in [3.8, 4) is 0 Å². The van der Waals surface area contributed by atoms with Crippen molar-refractivity contribution in [3.05, 3.63) is 18.1 Å². The molecule has 2 rings (SSSR count). The molecule has 3 N–H and O–H groups in total. The standard InChI is InChI=1S/C11H18N4O/c1-8-2-5-15(10(8)7-16)11-9(6-12)13-3-4-14-11/h3-4,8,10,16H,2,5-7,12H2,1H3. The zero-order valence-electron chi connectivity index (χ0n) is 9.50. The van der Waals surface area contributed by atoms with Gasteiger partial charge in [0.25, 0.3) is 0 Å². The van der Waals surface area contributed by atoms with Gasteiger partial charge in [-0.3, -0.25) is 4.98 Å². The normalized spacial score (nSPS) is 25.1. The summed E-state index contributed by atoms with van der Waals surface area (Å²) in [5.41, 5.74) is 6.45. The molecule has 0 saturated carbocycles. The number of rotatable bonds is 3. The molecule has 2 unspecified atom stereocenters. The number of hydrogen-bond donors (Lipinski definition) is 2. The van der Waals surface area contributed by atoms with E-state index in [1.807, 2.05) is 0 Å². The van der Waals surface area contributed by atoms with E-state index in [4.69, 9.17) is 5.73 Å². The summed E-state index contributed by atoms with van der Waals surface area (Å²) < 4.78 is 0. The maximum atomic E-state index is 9.41. The lowest BCUT2D eigenvalue weighted by molar-refractivity contribution is 0.244. The molecule has 0 radical (unpaired) electrons. The largest absolute Gasteiger partial charge is 0.394 e. The predicted molar refractivity (Wildman–Crippen MR) is 61.9 cm³/mol. The first kappa shape index (κ1) is 11.3. The van der Waals surface area contributed by atoms with Crippen LogP contribution < -0.4 is 10.6 Å². The van der Waals surface area contributed by atoms with Crippen molar-refractivity contribution >= 4 is 5.82 Å². The van der Waals surface area contributed by atoms with Crippen LogP contribution in [0.25, 0.3) is 0 Å². The third-order valence-corrected chi connectivity index (χ3v) is 3.29. The summed E-state index contributed by atoms with van der Waals surface area (Å²) in [5, 5.41) is 9.41. The SMILES string of the molecule is CC1CCN(c2nccnc2CN)C1CO. The molecule has 1 aliphatic rings. The van der Waals surface area contributed by atoms with E-state index in [1.165, 1.54) is 0 Å². The van der Waals surface area contributed by atoms with E-state index >= 15 is 0 Å². The first-order chi connectivity index (χ1) is 7.77. The van der Waals surface area contributed by atoms with Crippen molar-refractivity contribution in [1.82, 2.24) is 9.97 Å². The second-order valence-electron chi connectivity index (χ2n) is 4.24. The summed E-state index contributed by atoms with van der Waals surface area (Å²) in [5.74, 6) is 1.31. The van der Waals surface area contributed by atoms with E-state index in [9.17, 15) is 5.11 Å². The smallest absolute Gasteiger partial charge is 0.151 e. The summed E-state index contributed by atoms with van der Waals surface area (Å²) >= 11 is 0. The monoisotopic (exact) mass is 222 g/mol. The highest BCUT2D eigenvalue weighted by molar-refractivity contribution is 5.45. The van der Waals surface area contributed by atoms with Gasteiger partial charge < -0.3 is 15.7 Å². The van der Waals surface area contributed by atoms with Crippen LogP contribution in [0.3, 0.4) is 0 Å². The summed E-state index contributed by atoms with van der Waals surface area (Å²) in [6, 6.07) is 0.141. The molecule has 0 aliphatic carbocycles. The van der Waals surface area contributed by atoms with Gasteiger partial charge >= 0.3 is 0 Å². The topological polar surface area (TPSA) is 75.3 Å². The first-order valence-corrected chi connectivity index (χ1v) is 5.65. The molecule has 2 heterocycles. The average molecular weight is 222 g/mol. The van der Waals surface area contributed by atoms with E-state index < -0.39 is 0 Å². The molecule has 1 saturated heterocycles. The van der Waals surface area contributed by atoms with Gasteiger partial charge in [0.1, 0.15) is 0 Å². The Morgan fingerprint density at radius 1 is 1.50 bits per heavy atom. The minimum absolute atomic E-state index is 0.141. The molecule has 1 fully saturated rings. The highest BCUT2D eigenvalue weighted by atomic mass is 16.3. The van der Waals surface area contributed by atoms with Gasteiger partial charge in [-0.25, -0.2) is 4.98 Å². The van der Waals surface area contributed by atoms with Crippen molar-refractivity contribution in [2.45, 2.75) is 25.9 Å². The third-order valence-electron chi connectivity index (χ3n) is 3.29. The van der Waals surface area contributed by atoms with Crippen molar-refractivity contribution < 1.29 is 5.11 Å². The van der Waals surface area contributed by atoms with Crippen LogP contribution >= 0.6 is 0 Å². The highest BCUT2D eigenvalue weighted by Crippen LogP contribution is 2.29. The van der Waals surface area contributed by atoms with Crippen molar-refractivity contribution in [3.63, 3.8) is 0 Å². The molecule has 5 nitrogen and oxygen atoms in total. The van der Waals surface area contributed by atoms with Crippen LogP contribution in [0.1, 0.15) is 19.0 Å². The number of aromatic nitrogens is 2. The van der Waals surface area contributed by atoms with Crippen molar-refractivity contribution in [1.29, 1.82) is 0 Å². The average Bonchev–Trinajstić information content (AvgIpc) is 2.70. The Morgan fingerprint density at radius 2 is 2.25 bits per heavy atom. The van der Waals surface area contributed by atoms with E-state index in [-0.39, 0.29) is 12.6 Å². The zero-order chi connectivity index (χ0) is 11.5. The number of hydrogen-bond acceptors (Lipinski definition) is 5. The number of aliphatic hydroxyl groups excluding tert-OH is 1. The molecule has 5 heteroatoms. The molecule has 16 heavy (non-hydrogen) atoms. The molecule has 1 aliphatic heterocycles. The van der Waals surface area contributed by atoms with E-state index in [0.717, 1.165) is 24.5 Å². The molecule has 1 aromatic heterocycles. The van der Waals surface area contributed by atoms with Crippen LogP contribution in [0.15, 0.2) is 12.4 Å². The van der Waals surface area contributed by atoms with Crippen LogP contribution in [0.2, 0.25) is 0 Å². The Bertz CT molecular complexity index is 358. The fourth-order valence-electron chi connectivity index (χ4n) is 2.29. The summed E-state index contributed by atoms with van der Waals surface area (Å²) in [7, 11) is 0. The number of nitrogens with zero attached hydrogens (tertiary/aromatic N) is 3. The van der Waals surface area contributed by atoms with E-state index in [0.29, 0.717) is 12.5 Å². The van der Waals surface area contributed by atoms with E-state index in [1.54, 1.807) is 12.4 Å². The zero-order valence-corrected chi connectivity index (χ0v) is 9.50. The summed E-state index contributed by atoms with van der Waals surface area (Å²) in [6.45, 7) is 3.60. The van der Waals surface area contributed by atoms with Crippen LogP contribution in [0.4, 0.5) is 5.82 Å². The molecule has 0 bridgehead atoms. The Morgan fingerprint density at radius 3 is 2.94 bits per heavy atom. The van der Waals surface area contributed by atoms with E-state index in [2.05, 4.69) is 21.8 Å². The molecule has 2 atom stereocenters. The van der Waals surface area contributed by atoms with Crippen LogP contribution in [0.5, 0.6) is 0 Å². The fraction of sp³-hybridized carbons (Fsp3) is 0.636. The quantitative estimate of drug-likeness (QED) is 0.761. The van der Waals surface area contributed by atoms with Gasteiger partial charge in [0.05, 0.1) is 18.3 Å². The fourth-order valence-corrected chi connectivity index (χ4v) is 2.29. The second-order valence-corrected chi connectivity index (χ2v) is 4.24. The van der Waals surface area contributed by atoms with Crippen LogP contribution in [-0.4, -0.2) is 34.3 Å². The van der Waals surface area contributed by atoms with Crippen molar-refractivity contribution in [2.24, 2.45) is 11.7 Å². The maximum absolute atomic E-state index is 9.41. The summed E-state index contributed by atoms with van der Waals surface area (Å²) in [6.07, 6.45) is 4.40. The van der Waals surface area contributed by atoms with Gasteiger partial charge in [-0.1, -0.05) is 6.92 Å². The van der Waals surface area contributed by atoms with Crippen LogP contribution in [-0.2, 0) is 6.54 Å². The molecular weight excluding hydrogens is 204 g/mol. The minimum Gasteiger partial charge on any atom is -0.394 e. The number of anilines is 1. The van der Waals surface area contributed by atoms with Crippen LogP contribution in [0, 0.1) is 5.92 Å². The minimum atomic E-state index is 0.141. The van der Waals surface area contributed by atoms with Gasteiger partial charge in [0, 0.05) is 25.5 Å². The van der Waals surface area contributed by atoms with Gasteiger partial charge in [-0.05, 0) is 12.3 Å². The van der Waals surface area contributed by atoms with Gasteiger partial charge in [-0.2, -0.15) is 0 Å². The Hall–Kier alpha value is -1.20. The van der Waals surface area contributed by atoms with Gasteiger partial charge in [-0.15, -0.1) is 0 Å². The lowest BCUT2D eigenvalue weighted by Crippen LogP contribution is -2.36. The first-order valence-electron chi connectivity index (χ1n) is 5.65. The van der Waals surface area contributed by atoms with Gasteiger partial charge in [0.2, 0.25) is 0 Å². The lowest BCUT2D eigenvalue weighted by atomic mass is 10.0. The second kappa shape index (κ2) is 4.76.